The van der Waals surface area contributed by atoms with E-state index in [9.17, 15) is 8.92 Å². The molecule has 0 aromatic heterocycles. The second-order valence-corrected chi connectivity index (χ2v) is 10.2. The van der Waals surface area contributed by atoms with Crippen LogP contribution in [0, 0.1) is 0 Å². The van der Waals surface area contributed by atoms with Gasteiger partial charge < -0.3 is 9.64 Å². The second-order valence-electron chi connectivity index (χ2n) is 10.2. The number of benzene rings is 2. The number of halogens is 2. The number of fused-ring (bicyclic) bond motifs is 1. The van der Waals surface area contributed by atoms with E-state index in [0.29, 0.717) is 6.42 Å². The van der Waals surface area contributed by atoms with E-state index in [0.717, 1.165) is 87.3 Å². The lowest BCUT2D eigenvalue weighted by Crippen LogP contribution is -2.26. The molecule has 1 atom stereocenters. The number of likely N-dealkylation sites (tertiary alicyclic amines) is 1. The maximum absolute atomic E-state index is 13.0. The normalized spacial score (nSPS) is 21.2. The van der Waals surface area contributed by atoms with Gasteiger partial charge in [0, 0.05) is 37.2 Å². The molecule has 2 heterocycles. The lowest BCUT2D eigenvalue weighted by atomic mass is 9.86. The Bertz CT molecular complexity index is 1110. The molecule has 1 fully saturated rings. The Labute approximate surface area is 213 Å². The summed E-state index contributed by atoms with van der Waals surface area (Å²) in [4.78, 5) is 8.67. The number of alkyl halides is 1. The van der Waals surface area contributed by atoms with E-state index in [1.165, 1.54) is 16.7 Å². The highest BCUT2D eigenvalue weighted by atomic mass is 19.3. The van der Waals surface area contributed by atoms with Crippen molar-refractivity contribution in [2.24, 2.45) is 0 Å². The van der Waals surface area contributed by atoms with Crippen LogP contribution in [0.25, 0.3) is 5.57 Å². The fourth-order valence-corrected chi connectivity index (χ4v) is 5.78. The SMILES string of the molecule is CN1CC=C(C2=C(c3ccc(O[C@H]4CCN(CCCF)C4)cc3)c3ccc(OF)cc3CCC2)CC1. The molecule has 0 saturated carbocycles. The number of ether oxygens (including phenoxy) is 1. The predicted octanol–water partition coefficient (Wildman–Crippen LogP) is 6.16. The Kier molecular flexibility index (Phi) is 8.02. The summed E-state index contributed by atoms with van der Waals surface area (Å²) in [6.07, 6.45) is 8.04. The third-order valence-corrected chi connectivity index (χ3v) is 7.69. The van der Waals surface area contributed by atoms with E-state index >= 15 is 0 Å². The Morgan fingerprint density at radius 1 is 1.00 bits per heavy atom. The summed E-state index contributed by atoms with van der Waals surface area (Å²) in [5, 5.41) is 0. The van der Waals surface area contributed by atoms with E-state index in [4.69, 9.17) is 4.74 Å². The monoisotopic (exact) mass is 494 g/mol. The van der Waals surface area contributed by atoms with Crippen molar-refractivity contribution in [2.75, 3.05) is 46.4 Å². The van der Waals surface area contributed by atoms with Crippen LogP contribution in [0.5, 0.6) is 11.5 Å². The van der Waals surface area contributed by atoms with Crippen molar-refractivity contribution >= 4 is 5.57 Å². The first-order chi connectivity index (χ1) is 17.6. The zero-order valence-electron chi connectivity index (χ0n) is 21.1. The second kappa shape index (κ2) is 11.6. The smallest absolute Gasteiger partial charge is 0.172 e. The van der Waals surface area contributed by atoms with Crippen LogP contribution in [0.4, 0.5) is 8.92 Å². The summed E-state index contributed by atoms with van der Waals surface area (Å²) >= 11 is 0. The molecule has 0 spiro atoms. The zero-order valence-corrected chi connectivity index (χ0v) is 21.1. The molecule has 0 unspecified atom stereocenters. The maximum Gasteiger partial charge on any atom is 0.172 e. The van der Waals surface area contributed by atoms with Gasteiger partial charge in [-0.3, -0.25) is 14.2 Å². The van der Waals surface area contributed by atoms with Gasteiger partial charge >= 0.3 is 0 Å². The number of hydrogen-bond acceptors (Lipinski definition) is 4. The highest BCUT2D eigenvalue weighted by Gasteiger charge is 2.25. The Hall–Kier alpha value is -2.70. The first kappa shape index (κ1) is 25.0. The molecule has 0 radical (unpaired) electrons. The minimum absolute atomic E-state index is 0.146. The van der Waals surface area contributed by atoms with Gasteiger partial charge in [0.25, 0.3) is 0 Å². The first-order valence-electron chi connectivity index (χ1n) is 13.2. The standard InChI is InChI=1S/C30H36F2N2O2/c1-33-17-12-22(13-18-33)28-5-2-4-24-20-26(36-32)10-11-29(24)30(28)23-6-8-25(9-7-23)35-27-14-19-34(21-27)16-3-15-31/h6-12,20,27H,2-5,13-19,21H2,1H3/t27-/m0/s1. The highest BCUT2D eigenvalue weighted by Crippen LogP contribution is 2.41. The Balaban J connectivity index is 1.44. The largest absolute Gasteiger partial charge is 0.489 e. The minimum Gasteiger partial charge on any atom is -0.489 e. The van der Waals surface area contributed by atoms with Crippen molar-refractivity contribution < 1.29 is 18.6 Å². The van der Waals surface area contributed by atoms with Crippen LogP contribution in [0.2, 0.25) is 0 Å². The van der Waals surface area contributed by atoms with Gasteiger partial charge in [-0.15, -0.1) is 0 Å². The average molecular weight is 495 g/mol. The zero-order chi connectivity index (χ0) is 24.9. The molecule has 3 aliphatic rings. The van der Waals surface area contributed by atoms with Crippen molar-refractivity contribution in [1.29, 1.82) is 0 Å². The summed E-state index contributed by atoms with van der Waals surface area (Å²) in [5.74, 6) is 1.13. The van der Waals surface area contributed by atoms with Crippen LogP contribution in [0.15, 0.2) is 59.7 Å². The molecular weight excluding hydrogens is 458 g/mol. The summed E-state index contributed by atoms with van der Waals surface area (Å²) < 4.78 is 31.8. The molecule has 0 amide bonds. The first-order valence-corrected chi connectivity index (χ1v) is 13.2. The quantitative estimate of drug-likeness (QED) is 0.439. The number of allylic oxidation sites excluding steroid dienone is 1. The molecule has 1 saturated heterocycles. The Morgan fingerprint density at radius 3 is 2.58 bits per heavy atom. The molecule has 2 aromatic carbocycles. The fraction of sp³-hybridized carbons (Fsp3) is 0.467. The van der Waals surface area contributed by atoms with Crippen molar-refractivity contribution in [3.8, 4) is 11.5 Å². The van der Waals surface area contributed by atoms with Crippen LogP contribution >= 0.6 is 0 Å². The average Bonchev–Trinajstić information content (AvgIpc) is 3.26. The third kappa shape index (κ3) is 5.65. The fourth-order valence-electron chi connectivity index (χ4n) is 5.78. The molecule has 1 aliphatic carbocycles. The molecule has 0 bridgehead atoms. The van der Waals surface area contributed by atoms with Crippen LogP contribution in [-0.4, -0.2) is 62.3 Å². The van der Waals surface area contributed by atoms with Crippen molar-refractivity contribution in [2.45, 2.75) is 44.6 Å². The van der Waals surface area contributed by atoms with E-state index in [-0.39, 0.29) is 18.5 Å². The summed E-state index contributed by atoms with van der Waals surface area (Å²) in [7, 11) is 2.16. The van der Waals surface area contributed by atoms with Gasteiger partial charge in [0.1, 0.15) is 11.9 Å². The summed E-state index contributed by atoms with van der Waals surface area (Å²) in [5.41, 5.74) is 7.53. The van der Waals surface area contributed by atoms with Crippen molar-refractivity contribution in [3.63, 3.8) is 0 Å². The molecule has 36 heavy (non-hydrogen) atoms. The van der Waals surface area contributed by atoms with Gasteiger partial charge in [-0.05, 0) is 103 Å². The van der Waals surface area contributed by atoms with Gasteiger partial charge in [-0.25, -0.2) is 0 Å². The molecule has 2 aliphatic heterocycles. The number of hydrogen-bond donors (Lipinski definition) is 0. The number of likely N-dealkylation sites (N-methyl/N-ethyl adjacent to an activating group) is 1. The molecule has 4 nitrogen and oxygen atoms in total. The third-order valence-electron chi connectivity index (χ3n) is 7.69. The minimum atomic E-state index is -0.264. The molecule has 6 heteroatoms. The van der Waals surface area contributed by atoms with Gasteiger partial charge in [0.15, 0.2) is 5.75 Å². The van der Waals surface area contributed by atoms with E-state index in [2.05, 4.69) is 52.1 Å². The molecule has 0 N–H and O–H groups in total. The van der Waals surface area contributed by atoms with E-state index < -0.39 is 0 Å². The maximum atomic E-state index is 13.0. The van der Waals surface area contributed by atoms with Gasteiger partial charge in [-0.2, -0.15) is 0 Å². The van der Waals surface area contributed by atoms with Gasteiger partial charge in [0.2, 0.25) is 0 Å². The van der Waals surface area contributed by atoms with Gasteiger partial charge in [-0.1, -0.05) is 24.3 Å². The van der Waals surface area contributed by atoms with Gasteiger partial charge in [0.05, 0.1) is 6.67 Å². The Morgan fingerprint density at radius 2 is 1.83 bits per heavy atom. The van der Waals surface area contributed by atoms with Crippen molar-refractivity contribution in [3.05, 3.63) is 76.4 Å². The highest BCUT2D eigenvalue weighted by molar-refractivity contribution is 5.87. The number of aryl methyl sites for hydroxylation is 1. The predicted molar refractivity (Wildman–Crippen MR) is 140 cm³/mol. The van der Waals surface area contributed by atoms with Crippen molar-refractivity contribution in [1.82, 2.24) is 9.80 Å². The molecule has 192 valence electrons. The summed E-state index contributed by atoms with van der Waals surface area (Å²) in [6.45, 7) is 4.37. The van der Waals surface area contributed by atoms with Crippen LogP contribution in [0.1, 0.15) is 48.8 Å². The molecule has 2 aromatic rings. The topological polar surface area (TPSA) is 24.9 Å². The van der Waals surface area contributed by atoms with Crippen LogP contribution < -0.4 is 9.68 Å². The number of rotatable bonds is 8. The van der Waals surface area contributed by atoms with Crippen LogP contribution in [0.3, 0.4) is 0 Å². The lowest BCUT2D eigenvalue weighted by Gasteiger charge is -2.25. The van der Waals surface area contributed by atoms with Crippen LogP contribution in [-0.2, 0) is 6.42 Å². The molecular formula is C30H36F2N2O2. The lowest BCUT2D eigenvalue weighted by molar-refractivity contribution is -0.00629. The number of nitrogens with zero attached hydrogens (tertiary/aromatic N) is 2. The summed E-state index contributed by atoms with van der Waals surface area (Å²) in [6, 6.07) is 14.0. The molecule has 5 rings (SSSR count). The van der Waals surface area contributed by atoms with E-state index in [1.54, 1.807) is 6.07 Å². The van der Waals surface area contributed by atoms with E-state index in [1.807, 2.05) is 12.1 Å².